The number of anilines is 1. The fraction of sp³-hybridized carbons (Fsp3) is 0.583. The Bertz CT molecular complexity index is 723. The van der Waals surface area contributed by atoms with E-state index in [4.69, 9.17) is 10.3 Å². The molecule has 0 aliphatic carbocycles. The van der Waals surface area contributed by atoms with E-state index in [1.54, 1.807) is 10.9 Å². The Labute approximate surface area is 126 Å². The van der Waals surface area contributed by atoms with Gasteiger partial charge < -0.3 is 14.7 Å². The molecule has 3 heterocycles. The van der Waals surface area contributed by atoms with E-state index in [0.29, 0.717) is 23.4 Å². The molecule has 1 N–H and O–H groups in total. The smallest absolute Gasteiger partial charge is 0.167 e. The number of hydrogen-bond donors (Lipinski definition) is 1. The summed E-state index contributed by atoms with van der Waals surface area (Å²) in [6, 6.07) is -0.419. The number of nitrogens with zero attached hydrogens (tertiary/aromatic N) is 8. The summed E-state index contributed by atoms with van der Waals surface area (Å²) in [6.07, 6.45) is 2.60. The Balaban J connectivity index is 2.06. The van der Waals surface area contributed by atoms with Gasteiger partial charge in [0, 0.05) is 19.0 Å². The number of aliphatic hydroxyl groups excluding tert-OH is 1. The molecule has 3 atom stereocenters. The third-order valence-electron chi connectivity index (χ3n) is 3.61. The van der Waals surface area contributed by atoms with Gasteiger partial charge in [-0.05, 0) is 12.0 Å². The number of azide groups is 1. The molecule has 2 aromatic rings. The molecule has 2 aromatic heterocycles. The standard InChI is InChI=1S/C12H16N8O2/c1-19(2)10-9-11(15-5-14-10)20(6-16-9)12-8(17-18-13)3-7(4-21)22-12/h5-8,12,21H,3-4H2,1-2H3/t7-,8-,12+/m0/s1. The van der Waals surface area contributed by atoms with Crippen LogP contribution in [0.3, 0.4) is 0 Å². The molecule has 1 aliphatic rings. The molecule has 22 heavy (non-hydrogen) atoms. The van der Waals surface area contributed by atoms with Gasteiger partial charge in [-0.15, -0.1) is 0 Å². The van der Waals surface area contributed by atoms with Crippen LogP contribution in [0.2, 0.25) is 0 Å². The van der Waals surface area contributed by atoms with Crippen molar-refractivity contribution in [3.63, 3.8) is 0 Å². The number of rotatable bonds is 4. The molecule has 0 spiro atoms. The quantitative estimate of drug-likeness (QED) is 0.507. The first-order chi connectivity index (χ1) is 10.7. The second-order valence-corrected chi connectivity index (χ2v) is 5.25. The maximum absolute atomic E-state index is 9.28. The highest BCUT2D eigenvalue weighted by molar-refractivity contribution is 5.83. The molecular formula is C12H16N8O2. The lowest BCUT2D eigenvalue weighted by molar-refractivity contribution is -0.0238. The predicted octanol–water partition coefficient (Wildman–Crippen LogP) is 0.851. The van der Waals surface area contributed by atoms with E-state index in [9.17, 15) is 5.11 Å². The number of aromatic nitrogens is 4. The summed E-state index contributed by atoms with van der Waals surface area (Å²) in [5.41, 5.74) is 9.95. The van der Waals surface area contributed by atoms with E-state index in [0.717, 1.165) is 0 Å². The molecule has 0 unspecified atom stereocenters. The SMILES string of the molecule is CN(C)c1ncnc2c1ncn2[C@@H]1O[C@H](CO)C[C@@H]1N=[N+]=[N-]. The van der Waals surface area contributed by atoms with Crippen LogP contribution in [-0.2, 0) is 4.74 Å². The van der Waals surface area contributed by atoms with Gasteiger partial charge in [-0.1, -0.05) is 5.11 Å². The molecule has 0 saturated carbocycles. The lowest BCUT2D eigenvalue weighted by Gasteiger charge is -2.17. The summed E-state index contributed by atoms with van der Waals surface area (Å²) in [5.74, 6) is 0.695. The Morgan fingerprint density at radius 1 is 1.50 bits per heavy atom. The van der Waals surface area contributed by atoms with Crippen molar-refractivity contribution in [1.29, 1.82) is 0 Å². The second kappa shape index (κ2) is 5.76. The first kappa shape index (κ1) is 14.5. The summed E-state index contributed by atoms with van der Waals surface area (Å²) in [5, 5.41) is 13.0. The number of ether oxygens (including phenoxy) is 1. The molecule has 0 bridgehead atoms. The minimum atomic E-state index is -0.539. The Hall–Kier alpha value is -2.42. The van der Waals surface area contributed by atoms with Crippen LogP contribution in [0.15, 0.2) is 17.8 Å². The zero-order valence-corrected chi connectivity index (χ0v) is 12.2. The minimum absolute atomic E-state index is 0.126. The molecular weight excluding hydrogens is 288 g/mol. The summed E-state index contributed by atoms with van der Waals surface area (Å²) >= 11 is 0. The number of fused-ring (bicyclic) bond motifs is 1. The average molecular weight is 304 g/mol. The van der Waals surface area contributed by atoms with Gasteiger partial charge in [0.2, 0.25) is 0 Å². The van der Waals surface area contributed by atoms with Gasteiger partial charge in [0.25, 0.3) is 0 Å². The highest BCUT2D eigenvalue weighted by Crippen LogP contribution is 2.34. The van der Waals surface area contributed by atoms with Gasteiger partial charge in [-0.3, -0.25) is 4.57 Å². The maximum Gasteiger partial charge on any atom is 0.167 e. The summed E-state index contributed by atoms with van der Waals surface area (Å²) < 4.78 is 7.48. The highest BCUT2D eigenvalue weighted by Gasteiger charge is 2.36. The molecule has 10 heteroatoms. The predicted molar refractivity (Wildman–Crippen MR) is 78.2 cm³/mol. The first-order valence-corrected chi connectivity index (χ1v) is 6.81. The van der Waals surface area contributed by atoms with Gasteiger partial charge >= 0.3 is 0 Å². The van der Waals surface area contributed by atoms with Gasteiger partial charge in [-0.25, -0.2) is 15.0 Å². The van der Waals surface area contributed by atoms with Gasteiger partial charge in [-0.2, -0.15) is 0 Å². The van der Waals surface area contributed by atoms with Crippen molar-refractivity contribution in [3.05, 3.63) is 23.1 Å². The molecule has 1 fully saturated rings. The van der Waals surface area contributed by atoms with Crippen molar-refractivity contribution in [2.75, 3.05) is 25.6 Å². The van der Waals surface area contributed by atoms with Crippen LogP contribution in [0.4, 0.5) is 5.82 Å². The molecule has 1 saturated heterocycles. The number of aliphatic hydroxyl groups is 1. The minimum Gasteiger partial charge on any atom is -0.394 e. The van der Waals surface area contributed by atoms with Crippen molar-refractivity contribution in [2.24, 2.45) is 5.11 Å². The zero-order valence-electron chi connectivity index (χ0n) is 12.2. The Kier molecular flexibility index (Phi) is 3.80. The Morgan fingerprint density at radius 3 is 3.00 bits per heavy atom. The molecule has 0 aromatic carbocycles. The lowest BCUT2D eigenvalue weighted by Crippen LogP contribution is -2.18. The van der Waals surface area contributed by atoms with Crippen molar-refractivity contribution < 1.29 is 9.84 Å². The van der Waals surface area contributed by atoms with Crippen molar-refractivity contribution >= 4 is 17.0 Å². The van der Waals surface area contributed by atoms with Gasteiger partial charge in [0.15, 0.2) is 17.0 Å². The lowest BCUT2D eigenvalue weighted by atomic mass is 10.2. The fourth-order valence-corrected chi connectivity index (χ4v) is 2.62. The molecule has 116 valence electrons. The van der Waals surface area contributed by atoms with Gasteiger partial charge in [0.1, 0.15) is 12.6 Å². The van der Waals surface area contributed by atoms with E-state index in [2.05, 4.69) is 25.0 Å². The van der Waals surface area contributed by atoms with E-state index < -0.39 is 12.3 Å². The largest absolute Gasteiger partial charge is 0.394 e. The summed E-state index contributed by atoms with van der Waals surface area (Å²) in [4.78, 5) is 17.5. The van der Waals surface area contributed by atoms with Crippen molar-refractivity contribution in [2.45, 2.75) is 24.8 Å². The second-order valence-electron chi connectivity index (χ2n) is 5.25. The maximum atomic E-state index is 9.28. The zero-order chi connectivity index (χ0) is 15.7. The molecule has 0 radical (unpaired) electrons. The van der Waals surface area contributed by atoms with E-state index in [1.165, 1.54) is 6.33 Å². The van der Waals surface area contributed by atoms with Crippen LogP contribution < -0.4 is 4.90 Å². The van der Waals surface area contributed by atoms with Crippen molar-refractivity contribution in [3.8, 4) is 0 Å². The Morgan fingerprint density at radius 2 is 2.32 bits per heavy atom. The van der Waals surface area contributed by atoms with E-state index >= 15 is 0 Å². The average Bonchev–Trinajstić information content (AvgIpc) is 3.10. The molecule has 10 nitrogen and oxygen atoms in total. The van der Waals surface area contributed by atoms with Crippen molar-refractivity contribution in [1.82, 2.24) is 19.5 Å². The van der Waals surface area contributed by atoms with E-state index in [-0.39, 0.29) is 12.7 Å². The van der Waals surface area contributed by atoms with Crippen LogP contribution >= 0.6 is 0 Å². The third kappa shape index (κ3) is 2.33. The highest BCUT2D eigenvalue weighted by atomic mass is 16.5. The van der Waals surface area contributed by atoms with Crippen LogP contribution in [0.5, 0.6) is 0 Å². The molecule has 0 amide bonds. The number of imidazole rings is 1. The number of hydrogen-bond acceptors (Lipinski definition) is 7. The van der Waals surface area contributed by atoms with E-state index in [1.807, 2.05) is 19.0 Å². The van der Waals surface area contributed by atoms with Gasteiger partial charge in [0.05, 0.1) is 25.1 Å². The summed E-state index contributed by atoms with van der Waals surface area (Å²) in [7, 11) is 3.74. The normalized spacial score (nSPS) is 24.4. The van der Waals surface area contributed by atoms with Crippen LogP contribution in [0.25, 0.3) is 21.6 Å². The molecule has 1 aliphatic heterocycles. The summed E-state index contributed by atoms with van der Waals surface area (Å²) in [6.45, 7) is -0.126. The first-order valence-electron chi connectivity index (χ1n) is 6.81. The van der Waals surface area contributed by atoms with Crippen LogP contribution in [0.1, 0.15) is 12.6 Å². The topological polar surface area (TPSA) is 125 Å². The fourth-order valence-electron chi connectivity index (χ4n) is 2.62. The third-order valence-corrected chi connectivity index (χ3v) is 3.61. The monoisotopic (exact) mass is 304 g/mol. The van der Waals surface area contributed by atoms with Crippen LogP contribution in [0, 0.1) is 0 Å². The van der Waals surface area contributed by atoms with Crippen LogP contribution in [-0.4, -0.2) is 57.5 Å². The molecule has 3 rings (SSSR count).